The van der Waals surface area contributed by atoms with Crippen molar-refractivity contribution in [3.8, 4) is 0 Å². The second-order valence-corrected chi connectivity index (χ2v) is 5.96. The molecule has 3 N–H and O–H groups in total. The molecule has 0 radical (unpaired) electrons. The van der Waals surface area contributed by atoms with Crippen molar-refractivity contribution in [2.45, 2.75) is 83.2 Å². The Hall–Kier alpha value is -0.120. The maximum absolute atomic E-state index is 8.83. The second kappa shape index (κ2) is 11.7. The lowest BCUT2D eigenvalue weighted by atomic mass is 9.95. The van der Waals surface area contributed by atoms with Crippen molar-refractivity contribution in [1.29, 1.82) is 0 Å². The van der Waals surface area contributed by atoms with Gasteiger partial charge in [0, 0.05) is 18.7 Å². The minimum atomic E-state index is 0.326. The molecule has 0 spiro atoms. The second-order valence-electron chi connectivity index (χ2n) is 5.96. The Labute approximate surface area is 119 Å². The van der Waals surface area contributed by atoms with E-state index in [1.807, 2.05) is 0 Å². The van der Waals surface area contributed by atoms with E-state index in [1.54, 1.807) is 0 Å². The minimum absolute atomic E-state index is 0.326. The number of piperidine rings is 1. The highest BCUT2D eigenvalue weighted by atomic mass is 16.2. The van der Waals surface area contributed by atoms with Gasteiger partial charge in [-0.25, -0.2) is 0 Å². The van der Waals surface area contributed by atoms with Gasteiger partial charge in [-0.3, -0.25) is 0 Å². The molecule has 1 fully saturated rings. The van der Waals surface area contributed by atoms with Gasteiger partial charge in [0.05, 0.1) is 0 Å². The Morgan fingerprint density at radius 3 is 2.79 bits per heavy atom. The third-order valence-corrected chi connectivity index (χ3v) is 4.16. The highest BCUT2D eigenvalue weighted by Gasteiger charge is 2.17. The maximum Gasteiger partial charge on any atom is 0.0431 e. The monoisotopic (exact) mass is 270 g/mol. The van der Waals surface area contributed by atoms with Crippen LogP contribution >= 0.6 is 0 Å². The van der Waals surface area contributed by atoms with Gasteiger partial charge in [-0.05, 0) is 51.6 Å². The molecule has 1 heterocycles. The van der Waals surface area contributed by atoms with Crippen LogP contribution in [0.3, 0.4) is 0 Å². The van der Waals surface area contributed by atoms with Gasteiger partial charge >= 0.3 is 0 Å². The van der Waals surface area contributed by atoms with E-state index < -0.39 is 0 Å². The number of rotatable bonds is 11. The Balaban J connectivity index is 2.21. The number of hydrogen-bond donors (Lipinski definition) is 3. The first-order valence-electron chi connectivity index (χ1n) is 8.44. The van der Waals surface area contributed by atoms with Crippen LogP contribution in [0.1, 0.15) is 71.1 Å². The fraction of sp³-hybridized carbons (Fsp3) is 1.00. The lowest BCUT2D eigenvalue weighted by Gasteiger charge is -2.28. The van der Waals surface area contributed by atoms with Gasteiger partial charge in [-0.15, -0.1) is 0 Å². The minimum Gasteiger partial charge on any atom is -0.396 e. The number of hydrogen-bond acceptors (Lipinski definition) is 3. The molecule has 1 aliphatic rings. The number of unbranched alkanes of at least 4 members (excludes halogenated alkanes) is 3. The average molecular weight is 270 g/mol. The van der Waals surface area contributed by atoms with E-state index >= 15 is 0 Å². The highest BCUT2D eigenvalue weighted by Crippen LogP contribution is 2.15. The van der Waals surface area contributed by atoms with Crippen LogP contribution in [0.5, 0.6) is 0 Å². The van der Waals surface area contributed by atoms with E-state index in [4.69, 9.17) is 5.11 Å². The van der Waals surface area contributed by atoms with Gasteiger partial charge < -0.3 is 15.7 Å². The lowest BCUT2D eigenvalue weighted by Crippen LogP contribution is -2.41. The van der Waals surface area contributed by atoms with Crippen LogP contribution in [0.4, 0.5) is 0 Å². The van der Waals surface area contributed by atoms with Crippen molar-refractivity contribution in [1.82, 2.24) is 10.6 Å². The third kappa shape index (κ3) is 8.61. The molecule has 0 aliphatic carbocycles. The molecule has 0 aromatic carbocycles. The van der Waals surface area contributed by atoms with Crippen molar-refractivity contribution >= 4 is 0 Å². The van der Waals surface area contributed by atoms with Gasteiger partial charge in [0.25, 0.3) is 0 Å². The summed E-state index contributed by atoms with van der Waals surface area (Å²) in [7, 11) is 0. The van der Waals surface area contributed by atoms with Gasteiger partial charge in [-0.2, -0.15) is 0 Å². The third-order valence-electron chi connectivity index (χ3n) is 4.16. The molecule has 1 rings (SSSR count). The van der Waals surface area contributed by atoms with E-state index in [-0.39, 0.29) is 0 Å². The van der Waals surface area contributed by atoms with Gasteiger partial charge in [-0.1, -0.05) is 32.6 Å². The largest absolute Gasteiger partial charge is 0.396 e. The van der Waals surface area contributed by atoms with E-state index in [9.17, 15) is 0 Å². The maximum atomic E-state index is 8.83. The molecule has 19 heavy (non-hydrogen) atoms. The van der Waals surface area contributed by atoms with Gasteiger partial charge in [0.2, 0.25) is 0 Å². The molecule has 1 aliphatic heterocycles. The first-order valence-corrected chi connectivity index (χ1v) is 8.44. The fourth-order valence-electron chi connectivity index (χ4n) is 2.96. The topological polar surface area (TPSA) is 44.3 Å². The molecule has 114 valence electrons. The van der Waals surface area contributed by atoms with E-state index in [0.717, 1.165) is 25.4 Å². The molecule has 0 aromatic heterocycles. The average Bonchev–Trinajstić information content (AvgIpc) is 2.44. The summed E-state index contributed by atoms with van der Waals surface area (Å²) in [6.07, 6.45) is 12.7. The van der Waals surface area contributed by atoms with Crippen LogP contribution in [0.25, 0.3) is 0 Å². The van der Waals surface area contributed by atoms with Crippen LogP contribution in [-0.2, 0) is 0 Å². The first kappa shape index (κ1) is 16.9. The molecule has 3 nitrogen and oxygen atoms in total. The van der Waals surface area contributed by atoms with Crippen LogP contribution in [-0.4, -0.2) is 36.9 Å². The normalized spacial score (nSPS) is 21.5. The van der Waals surface area contributed by atoms with Crippen LogP contribution in [0.15, 0.2) is 0 Å². The summed E-state index contributed by atoms with van der Waals surface area (Å²) in [6, 6.07) is 1.39. The molecule has 0 amide bonds. The zero-order valence-corrected chi connectivity index (χ0v) is 12.8. The highest BCUT2D eigenvalue weighted by molar-refractivity contribution is 4.79. The predicted octanol–water partition coefficient (Wildman–Crippen LogP) is 2.83. The van der Waals surface area contributed by atoms with Crippen LogP contribution in [0.2, 0.25) is 0 Å². The summed E-state index contributed by atoms with van der Waals surface area (Å²) in [4.78, 5) is 0. The summed E-state index contributed by atoms with van der Waals surface area (Å²) in [5, 5.41) is 16.2. The molecule has 3 heteroatoms. The summed E-state index contributed by atoms with van der Waals surface area (Å²) in [5.41, 5.74) is 0. The number of aliphatic hydroxyl groups excluding tert-OH is 1. The van der Waals surface area contributed by atoms with Crippen molar-refractivity contribution < 1.29 is 5.11 Å². The zero-order chi connectivity index (χ0) is 13.8. The number of nitrogens with one attached hydrogen (secondary N) is 2. The SMILES string of the molecule is CCCCC[C@@H](C[C@H]1CCCCN1)NCCCCO. The molecule has 1 saturated heterocycles. The molecular formula is C16H34N2O. The van der Waals surface area contributed by atoms with Gasteiger partial charge in [0.1, 0.15) is 0 Å². The van der Waals surface area contributed by atoms with E-state index in [2.05, 4.69) is 17.6 Å². The summed E-state index contributed by atoms with van der Waals surface area (Å²) >= 11 is 0. The molecule has 2 atom stereocenters. The van der Waals surface area contributed by atoms with E-state index in [0.29, 0.717) is 12.6 Å². The van der Waals surface area contributed by atoms with E-state index in [1.165, 1.54) is 57.9 Å². The van der Waals surface area contributed by atoms with Gasteiger partial charge in [0.15, 0.2) is 0 Å². The molecule has 0 unspecified atom stereocenters. The van der Waals surface area contributed by atoms with Crippen molar-refractivity contribution in [2.75, 3.05) is 19.7 Å². The standard InChI is InChI=1S/C16H34N2O/c1-2-3-4-9-15(18-12-7-8-13-19)14-16-10-5-6-11-17-16/h15-19H,2-14H2,1H3/t15-,16+/m0/s1. The fourth-order valence-corrected chi connectivity index (χ4v) is 2.96. The van der Waals surface area contributed by atoms with Crippen LogP contribution in [0, 0.1) is 0 Å². The zero-order valence-electron chi connectivity index (χ0n) is 12.8. The Morgan fingerprint density at radius 1 is 1.21 bits per heavy atom. The van der Waals surface area contributed by atoms with Crippen molar-refractivity contribution in [3.63, 3.8) is 0 Å². The first-order chi connectivity index (χ1) is 9.36. The quantitative estimate of drug-likeness (QED) is 0.506. The Morgan fingerprint density at radius 2 is 2.11 bits per heavy atom. The molecule has 0 aromatic rings. The van der Waals surface area contributed by atoms with Crippen molar-refractivity contribution in [3.05, 3.63) is 0 Å². The summed E-state index contributed by atoms with van der Waals surface area (Å²) in [5.74, 6) is 0. The Bertz CT molecular complexity index is 193. The van der Waals surface area contributed by atoms with Crippen molar-refractivity contribution in [2.24, 2.45) is 0 Å². The lowest BCUT2D eigenvalue weighted by molar-refractivity contribution is 0.278. The smallest absolute Gasteiger partial charge is 0.0431 e. The molecule has 0 bridgehead atoms. The predicted molar refractivity (Wildman–Crippen MR) is 82.5 cm³/mol. The summed E-state index contributed by atoms with van der Waals surface area (Å²) < 4.78 is 0. The summed E-state index contributed by atoms with van der Waals surface area (Å²) in [6.45, 7) is 4.86. The number of aliphatic hydroxyl groups is 1. The van der Waals surface area contributed by atoms with Crippen LogP contribution < -0.4 is 10.6 Å². The molecular weight excluding hydrogens is 236 g/mol. The molecule has 0 saturated carbocycles. The Kier molecular flexibility index (Phi) is 10.4.